The van der Waals surface area contributed by atoms with Crippen molar-refractivity contribution in [3.8, 4) is 0 Å². The molecule has 1 aliphatic carbocycles. The number of anilines is 1. The summed E-state index contributed by atoms with van der Waals surface area (Å²) in [5.41, 5.74) is 0.727. The Hall–Kier alpha value is -1.27. The van der Waals surface area contributed by atoms with Crippen LogP contribution in [0.5, 0.6) is 0 Å². The number of amides is 1. The molecule has 0 saturated heterocycles. The second kappa shape index (κ2) is 4.19. The maximum absolute atomic E-state index is 11.9. The van der Waals surface area contributed by atoms with Gasteiger partial charge in [0.1, 0.15) is 5.01 Å². The molecule has 1 saturated carbocycles. The first-order valence-electron chi connectivity index (χ1n) is 5.42. The lowest BCUT2D eigenvalue weighted by Crippen LogP contribution is -2.10. The summed E-state index contributed by atoms with van der Waals surface area (Å²) in [5.74, 6) is 0.606. The van der Waals surface area contributed by atoms with E-state index in [0.717, 1.165) is 10.6 Å². The lowest BCUT2D eigenvalue weighted by Gasteiger charge is -1.96. The molecule has 2 aromatic rings. The summed E-state index contributed by atoms with van der Waals surface area (Å²) in [6.45, 7) is 1.86. The number of nitrogens with one attached hydrogen (secondary N) is 1. The zero-order valence-corrected chi connectivity index (χ0v) is 10.9. The standard InChI is InChI=1S/C11H11N3OS2/c1-6-13-14-11(17-6)12-10(15)8-4-9(16-5-8)7-2-3-7/h4-5,7H,2-3H2,1H3,(H,12,14,15). The van der Waals surface area contributed by atoms with E-state index in [1.54, 1.807) is 11.3 Å². The topological polar surface area (TPSA) is 54.9 Å². The average Bonchev–Trinajstić information content (AvgIpc) is 2.88. The Labute approximate surface area is 107 Å². The molecule has 1 N–H and O–H groups in total. The predicted octanol–water partition coefficient (Wildman–Crippen LogP) is 3.04. The van der Waals surface area contributed by atoms with Crippen LogP contribution in [0.4, 0.5) is 5.13 Å². The van der Waals surface area contributed by atoms with Gasteiger partial charge in [-0.15, -0.1) is 21.5 Å². The molecule has 88 valence electrons. The van der Waals surface area contributed by atoms with Gasteiger partial charge in [0.05, 0.1) is 5.56 Å². The highest BCUT2D eigenvalue weighted by atomic mass is 32.1. The van der Waals surface area contributed by atoms with Crippen LogP contribution in [0.15, 0.2) is 11.4 Å². The summed E-state index contributed by atoms with van der Waals surface area (Å²) >= 11 is 3.06. The van der Waals surface area contributed by atoms with Crippen molar-refractivity contribution < 1.29 is 4.79 Å². The van der Waals surface area contributed by atoms with Crippen LogP contribution in [0.1, 0.15) is 39.0 Å². The first-order chi connectivity index (χ1) is 8.22. The van der Waals surface area contributed by atoms with Crippen LogP contribution in [0.3, 0.4) is 0 Å². The second-order valence-electron chi connectivity index (χ2n) is 4.09. The van der Waals surface area contributed by atoms with Gasteiger partial charge in [-0.1, -0.05) is 11.3 Å². The molecule has 17 heavy (non-hydrogen) atoms. The Balaban J connectivity index is 1.72. The Morgan fingerprint density at radius 1 is 1.47 bits per heavy atom. The summed E-state index contributed by atoms with van der Waals surface area (Å²) in [7, 11) is 0. The van der Waals surface area contributed by atoms with Gasteiger partial charge in [0.25, 0.3) is 5.91 Å². The van der Waals surface area contributed by atoms with E-state index >= 15 is 0 Å². The fraction of sp³-hybridized carbons (Fsp3) is 0.364. The van der Waals surface area contributed by atoms with Gasteiger partial charge in [0.2, 0.25) is 5.13 Å². The van der Waals surface area contributed by atoms with E-state index in [1.165, 1.54) is 29.1 Å². The van der Waals surface area contributed by atoms with E-state index in [0.29, 0.717) is 11.0 Å². The van der Waals surface area contributed by atoms with Crippen LogP contribution >= 0.6 is 22.7 Å². The van der Waals surface area contributed by atoms with Crippen molar-refractivity contribution in [3.05, 3.63) is 26.9 Å². The molecule has 0 aromatic carbocycles. The van der Waals surface area contributed by atoms with Crippen molar-refractivity contribution in [2.24, 2.45) is 0 Å². The smallest absolute Gasteiger partial charge is 0.258 e. The molecule has 0 atom stereocenters. The zero-order valence-electron chi connectivity index (χ0n) is 9.27. The molecule has 1 amide bonds. The largest absolute Gasteiger partial charge is 0.296 e. The van der Waals surface area contributed by atoms with Crippen molar-refractivity contribution >= 4 is 33.7 Å². The number of carbonyl (C=O) groups excluding carboxylic acids is 1. The summed E-state index contributed by atoms with van der Waals surface area (Å²) in [6.07, 6.45) is 2.52. The number of aryl methyl sites for hydroxylation is 1. The number of rotatable bonds is 3. The molecule has 0 aliphatic heterocycles. The number of thiophene rings is 1. The maximum Gasteiger partial charge on any atom is 0.258 e. The number of hydrogen-bond acceptors (Lipinski definition) is 5. The third kappa shape index (κ3) is 2.37. The van der Waals surface area contributed by atoms with E-state index in [2.05, 4.69) is 15.5 Å². The molecule has 6 heteroatoms. The summed E-state index contributed by atoms with van der Waals surface area (Å²) in [5, 5.41) is 13.8. The molecular formula is C11H11N3OS2. The quantitative estimate of drug-likeness (QED) is 0.928. The third-order valence-corrected chi connectivity index (χ3v) is 4.46. The van der Waals surface area contributed by atoms with E-state index in [1.807, 2.05) is 18.4 Å². The molecule has 0 radical (unpaired) electrons. The first kappa shape index (κ1) is 10.9. The van der Waals surface area contributed by atoms with Crippen LogP contribution in [0.25, 0.3) is 0 Å². The minimum Gasteiger partial charge on any atom is -0.296 e. The molecular weight excluding hydrogens is 254 g/mol. The van der Waals surface area contributed by atoms with Gasteiger partial charge < -0.3 is 0 Å². The highest BCUT2D eigenvalue weighted by Gasteiger charge is 2.25. The molecule has 2 aromatic heterocycles. The lowest BCUT2D eigenvalue weighted by molar-refractivity contribution is 0.102. The minimum atomic E-state index is -0.0932. The van der Waals surface area contributed by atoms with Crippen LogP contribution < -0.4 is 5.32 Å². The first-order valence-corrected chi connectivity index (χ1v) is 7.12. The molecule has 2 heterocycles. The number of carbonyl (C=O) groups is 1. The third-order valence-electron chi connectivity index (χ3n) is 2.61. The highest BCUT2D eigenvalue weighted by molar-refractivity contribution is 7.15. The number of hydrogen-bond donors (Lipinski definition) is 1. The van der Waals surface area contributed by atoms with Crippen molar-refractivity contribution in [3.63, 3.8) is 0 Å². The second-order valence-corrected chi connectivity index (χ2v) is 6.22. The number of nitrogens with zero attached hydrogens (tertiary/aromatic N) is 2. The monoisotopic (exact) mass is 265 g/mol. The molecule has 0 spiro atoms. The van der Waals surface area contributed by atoms with E-state index in [9.17, 15) is 4.79 Å². The van der Waals surface area contributed by atoms with Crippen LogP contribution in [0, 0.1) is 6.92 Å². The number of aromatic nitrogens is 2. The predicted molar refractivity (Wildman–Crippen MR) is 68.9 cm³/mol. The minimum absolute atomic E-state index is 0.0932. The van der Waals surface area contributed by atoms with Crippen molar-refractivity contribution in [1.82, 2.24) is 10.2 Å². The lowest BCUT2D eigenvalue weighted by atomic mass is 10.2. The van der Waals surface area contributed by atoms with Crippen LogP contribution in [-0.2, 0) is 0 Å². The Morgan fingerprint density at radius 2 is 2.29 bits per heavy atom. The van der Waals surface area contributed by atoms with Gasteiger partial charge in [-0.25, -0.2) is 0 Å². The highest BCUT2D eigenvalue weighted by Crippen LogP contribution is 2.42. The summed E-state index contributed by atoms with van der Waals surface area (Å²) < 4.78 is 0. The Morgan fingerprint density at radius 3 is 2.94 bits per heavy atom. The van der Waals surface area contributed by atoms with Gasteiger partial charge in [0, 0.05) is 10.3 Å². The Bertz CT molecular complexity index is 557. The van der Waals surface area contributed by atoms with E-state index in [-0.39, 0.29) is 5.91 Å². The van der Waals surface area contributed by atoms with Gasteiger partial charge >= 0.3 is 0 Å². The van der Waals surface area contributed by atoms with Gasteiger partial charge in [-0.2, -0.15) is 0 Å². The molecule has 1 fully saturated rings. The summed E-state index contributed by atoms with van der Waals surface area (Å²) in [6, 6.07) is 1.99. The van der Waals surface area contributed by atoms with Crippen LogP contribution in [0.2, 0.25) is 0 Å². The fourth-order valence-corrected chi connectivity index (χ4v) is 3.22. The Kier molecular flexibility index (Phi) is 2.68. The fourth-order valence-electron chi connectivity index (χ4n) is 1.57. The van der Waals surface area contributed by atoms with Crippen molar-refractivity contribution in [2.75, 3.05) is 5.32 Å². The summed E-state index contributed by atoms with van der Waals surface area (Å²) in [4.78, 5) is 13.2. The molecule has 0 unspecified atom stereocenters. The van der Waals surface area contributed by atoms with Gasteiger partial charge in [-0.05, 0) is 31.7 Å². The van der Waals surface area contributed by atoms with Crippen molar-refractivity contribution in [2.45, 2.75) is 25.7 Å². The average molecular weight is 265 g/mol. The van der Waals surface area contributed by atoms with Gasteiger partial charge in [-0.3, -0.25) is 10.1 Å². The van der Waals surface area contributed by atoms with Crippen LogP contribution in [-0.4, -0.2) is 16.1 Å². The van der Waals surface area contributed by atoms with E-state index < -0.39 is 0 Å². The normalized spacial score (nSPS) is 14.9. The van der Waals surface area contributed by atoms with Crippen molar-refractivity contribution in [1.29, 1.82) is 0 Å². The molecule has 3 rings (SSSR count). The molecule has 0 bridgehead atoms. The van der Waals surface area contributed by atoms with E-state index in [4.69, 9.17) is 0 Å². The van der Waals surface area contributed by atoms with Gasteiger partial charge in [0.15, 0.2) is 0 Å². The molecule has 1 aliphatic rings. The zero-order chi connectivity index (χ0) is 11.8. The SMILES string of the molecule is Cc1nnc(NC(=O)c2csc(C3CC3)c2)s1. The maximum atomic E-state index is 11.9. The molecule has 4 nitrogen and oxygen atoms in total.